The summed E-state index contributed by atoms with van der Waals surface area (Å²) in [6.45, 7) is 11.0. The van der Waals surface area contributed by atoms with Crippen LogP contribution in [0.3, 0.4) is 0 Å². The molecule has 0 spiro atoms. The number of anilines is 1. The lowest BCUT2D eigenvalue weighted by atomic mass is 9.92. The summed E-state index contributed by atoms with van der Waals surface area (Å²) < 4.78 is 5.47. The first-order valence-electron chi connectivity index (χ1n) is 11.1. The van der Waals surface area contributed by atoms with Crippen molar-refractivity contribution in [1.82, 2.24) is 20.4 Å². The molecule has 2 aromatic heterocycles. The summed E-state index contributed by atoms with van der Waals surface area (Å²) in [4.78, 5) is 24.2. The number of nitrogens with zero attached hydrogens (tertiary/aromatic N) is 4. The third-order valence-electron chi connectivity index (χ3n) is 6.02. The molecule has 31 heavy (non-hydrogen) atoms. The zero-order valence-corrected chi connectivity index (χ0v) is 18.8. The van der Waals surface area contributed by atoms with Gasteiger partial charge in [-0.1, -0.05) is 43.3 Å². The second kappa shape index (κ2) is 9.04. The van der Waals surface area contributed by atoms with Gasteiger partial charge >= 0.3 is 0 Å². The van der Waals surface area contributed by atoms with E-state index in [0.29, 0.717) is 42.8 Å². The van der Waals surface area contributed by atoms with Crippen LogP contribution < -0.4 is 10.2 Å². The van der Waals surface area contributed by atoms with Crippen LogP contribution in [0.4, 0.5) is 5.82 Å². The quantitative estimate of drug-likeness (QED) is 0.648. The largest absolute Gasteiger partial charge is 0.355 e. The molecule has 0 bridgehead atoms. The molecule has 1 N–H and O–H groups in total. The fraction of sp³-hybridized carbons (Fsp3) is 0.500. The SMILES string of the molecule is Cc1ccccc1CNC(=O)CCc1nc(N2C[C@H](C)C[C@H](C)C2)c2c(C)noc2n1. The molecule has 1 saturated heterocycles. The maximum atomic E-state index is 12.4. The van der Waals surface area contributed by atoms with Crippen molar-refractivity contribution in [1.29, 1.82) is 0 Å². The Balaban J connectivity index is 1.48. The number of hydrogen-bond acceptors (Lipinski definition) is 6. The molecule has 1 aliphatic heterocycles. The van der Waals surface area contributed by atoms with Crippen molar-refractivity contribution in [2.24, 2.45) is 11.8 Å². The van der Waals surface area contributed by atoms with E-state index in [2.05, 4.69) is 34.2 Å². The number of amides is 1. The van der Waals surface area contributed by atoms with E-state index in [4.69, 9.17) is 9.51 Å². The molecule has 1 aliphatic rings. The van der Waals surface area contributed by atoms with Crippen LogP contribution in [-0.2, 0) is 17.8 Å². The average Bonchev–Trinajstić information content (AvgIpc) is 3.11. The molecule has 1 aromatic carbocycles. The summed E-state index contributed by atoms with van der Waals surface area (Å²) in [6, 6.07) is 8.07. The minimum absolute atomic E-state index is 0.0116. The van der Waals surface area contributed by atoms with Crippen molar-refractivity contribution in [3.63, 3.8) is 0 Å². The average molecular weight is 422 g/mol. The van der Waals surface area contributed by atoms with E-state index in [1.54, 1.807) is 0 Å². The van der Waals surface area contributed by atoms with Gasteiger partial charge in [-0.3, -0.25) is 4.79 Å². The topological polar surface area (TPSA) is 84.2 Å². The van der Waals surface area contributed by atoms with Crippen LogP contribution in [0.15, 0.2) is 28.8 Å². The highest BCUT2D eigenvalue weighted by Gasteiger charge is 2.27. The van der Waals surface area contributed by atoms with Gasteiger partial charge in [0, 0.05) is 32.5 Å². The summed E-state index contributed by atoms with van der Waals surface area (Å²) in [6.07, 6.45) is 2.01. The number of fused-ring (bicyclic) bond motifs is 1. The third-order valence-corrected chi connectivity index (χ3v) is 6.02. The van der Waals surface area contributed by atoms with Crippen molar-refractivity contribution < 1.29 is 9.32 Å². The van der Waals surface area contributed by atoms with E-state index >= 15 is 0 Å². The Kier molecular flexibility index (Phi) is 6.20. The number of nitrogens with one attached hydrogen (secondary N) is 1. The van der Waals surface area contributed by atoms with Crippen LogP contribution >= 0.6 is 0 Å². The van der Waals surface area contributed by atoms with Gasteiger partial charge in [-0.05, 0) is 43.2 Å². The molecule has 1 fully saturated rings. The van der Waals surface area contributed by atoms with E-state index in [-0.39, 0.29) is 5.91 Å². The predicted molar refractivity (Wildman–Crippen MR) is 121 cm³/mol. The van der Waals surface area contributed by atoms with Gasteiger partial charge in [-0.2, -0.15) is 4.98 Å². The number of hydrogen-bond donors (Lipinski definition) is 1. The number of aryl methyl sites for hydroxylation is 3. The molecular formula is C24H31N5O2. The Morgan fingerprint density at radius 1 is 1.16 bits per heavy atom. The molecule has 0 saturated carbocycles. The van der Waals surface area contributed by atoms with Gasteiger partial charge in [-0.25, -0.2) is 4.98 Å². The van der Waals surface area contributed by atoms with E-state index in [0.717, 1.165) is 35.6 Å². The summed E-state index contributed by atoms with van der Waals surface area (Å²) >= 11 is 0. The molecule has 7 nitrogen and oxygen atoms in total. The van der Waals surface area contributed by atoms with Crippen LogP contribution in [-0.4, -0.2) is 34.1 Å². The minimum Gasteiger partial charge on any atom is -0.355 e. The Bertz CT molecular complexity index is 1070. The van der Waals surface area contributed by atoms with Gasteiger partial charge in [-0.15, -0.1) is 0 Å². The highest BCUT2D eigenvalue weighted by Crippen LogP contribution is 2.31. The molecule has 0 unspecified atom stereocenters. The molecule has 164 valence electrons. The number of aromatic nitrogens is 3. The highest BCUT2D eigenvalue weighted by molar-refractivity contribution is 5.88. The molecule has 7 heteroatoms. The third kappa shape index (κ3) is 4.86. The smallest absolute Gasteiger partial charge is 0.263 e. The second-order valence-corrected chi connectivity index (χ2v) is 8.97. The number of carbonyl (C=O) groups excluding carboxylic acids is 1. The first-order chi connectivity index (χ1) is 14.9. The maximum Gasteiger partial charge on any atom is 0.263 e. The van der Waals surface area contributed by atoms with Crippen LogP contribution in [0.1, 0.15) is 49.3 Å². The summed E-state index contributed by atoms with van der Waals surface area (Å²) in [7, 11) is 0. The molecule has 0 aliphatic carbocycles. The van der Waals surface area contributed by atoms with E-state index in [9.17, 15) is 4.79 Å². The number of rotatable bonds is 6. The summed E-state index contributed by atoms with van der Waals surface area (Å²) in [5.74, 6) is 2.70. The van der Waals surface area contributed by atoms with Gasteiger partial charge in [0.05, 0.1) is 5.69 Å². The van der Waals surface area contributed by atoms with Gasteiger partial charge in [0.25, 0.3) is 5.71 Å². The lowest BCUT2D eigenvalue weighted by molar-refractivity contribution is -0.121. The van der Waals surface area contributed by atoms with Crippen molar-refractivity contribution >= 4 is 22.8 Å². The van der Waals surface area contributed by atoms with Crippen molar-refractivity contribution in [3.05, 3.63) is 46.9 Å². The van der Waals surface area contributed by atoms with Crippen molar-refractivity contribution in [2.45, 2.75) is 53.5 Å². The number of piperidine rings is 1. The van der Waals surface area contributed by atoms with Crippen LogP contribution in [0.5, 0.6) is 0 Å². The first kappa shape index (κ1) is 21.3. The normalized spacial score (nSPS) is 19.0. The summed E-state index contributed by atoms with van der Waals surface area (Å²) in [5, 5.41) is 8.00. The van der Waals surface area contributed by atoms with Crippen LogP contribution in [0, 0.1) is 25.7 Å². The predicted octanol–water partition coefficient (Wildman–Crippen LogP) is 3.97. The Labute approximate surface area is 183 Å². The van der Waals surface area contributed by atoms with E-state index in [1.165, 1.54) is 12.0 Å². The highest BCUT2D eigenvalue weighted by atomic mass is 16.5. The fourth-order valence-corrected chi connectivity index (χ4v) is 4.50. The Hall–Kier alpha value is -2.96. The Morgan fingerprint density at radius 2 is 1.90 bits per heavy atom. The molecule has 3 heterocycles. The zero-order valence-electron chi connectivity index (χ0n) is 18.8. The van der Waals surface area contributed by atoms with Gasteiger partial charge in [0.15, 0.2) is 0 Å². The van der Waals surface area contributed by atoms with E-state index in [1.807, 2.05) is 38.1 Å². The first-order valence-corrected chi connectivity index (χ1v) is 11.1. The van der Waals surface area contributed by atoms with Gasteiger partial charge < -0.3 is 14.7 Å². The van der Waals surface area contributed by atoms with Gasteiger partial charge in [0.2, 0.25) is 5.91 Å². The molecule has 4 rings (SSSR count). The molecular weight excluding hydrogens is 390 g/mol. The van der Waals surface area contributed by atoms with Gasteiger partial charge in [0.1, 0.15) is 17.0 Å². The van der Waals surface area contributed by atoms with Crippen molar-refractivity contribution in [2.75, 3.05) is 18.0 Å². The lowest BCUT2D eigenvalue weighted by Crippen LogP contribution is -2.39. The molecule has 1 amide bonds. The maximum absolute atomic E-state index is 12.4. The summed E-state index contributed by atoms with van der Waals surface area (Å²) in [5.41, 5.74) is 3.61. The fourth-order valence-electron chi connectivity index (χ4n) is 4.50. The second-order valence-electron chi connectivity index (χ2n) is 8.97. The number of carbonyl (C=O) groups is 1. The monoisotopic (exact) mass is 421 g/mol. The molecule has 2 atom stereocenters. The molecule has 0 radical (unpaired) electrons. The van der Waals surface area contributed by atoms with E-state index < -0.39 is 0 Å². The van der Waals surface area contributed by atoms with Crippen LogP contribution in [0.2, 0.25) is 0 Å². The standard InChI is InChI=1S/C24H31N5O2/c1-15-11-16(2)14-29(13-15)23-22-18(4)28-31-24(22)27-20(26-23)9-10-21(30)25-12-19-8-6-5-7-17(19)3/h5-8,15-16H,9-14H2,1-4H3,(H,25,30)/t15-,16+. The molecule has 3 aromatic rings. The Morgan fingerprint density at radius 3 is 2.65 bits per heavy atom. The van der Waals surface area contributed by atoms with Crippen molar-refractivity contribution in [3.8, 4) is 0 Å². The lowest BCUT2D eigenvalue weighted by Gasteiger charge is -2.36. The van der Waals surface area contributed by atoms with Crippen LogP contribution in [0.25, 0.3) is 11.1 Å². The zero-order chi connectivity index (χ0) is 22.0. The number of benzene rings is 1. The minimum atomic E-state index is -0.0116.